The summed E-state index contributed by atoms with van der Waals surface area (Å²) in [5.74, 6) is 0. The summed E-state index contributed by atoms with van der Waals surface area (Å²) in [6.45, 7) is 2.39. The summed E-state index contributed by atoms with van der Waals surface area (Å²) in [5.41, 5.74) is 3.10. The van der Waals surface area contributed by atoms with Gasteiger partial charge in [0.25, 0.3) is 0 Å². The van der Waals surface area contributed by atoms with E-state index in [-0.39, 0.29) is 0 Å². The third-order valence-electron chi connectivity index (χ3n) is 3.80. The van der Waals surface area contributed by atoms with Gasteiger partial charge < -0.3 is 0 Å². The van der Waals surface area contributed by atoms with Crippen molar-refractivity contribution in [1.82, 2.24) is 9.61 Å². The highest BCUT2D eigenvalue weighted by atomic mass is 15.2. The van der Waals surface area contributed by atoms with E-state index in [9.17, 15) is 0 Å². The highest BCUT2D eigenvalue weighted by Crippen LogP contribution is 2.40. The van der Waals surface area contributed by atoms with Crippen molar-refractivity contribution in [2.45, 2.75) is 38.0 Å². The lowest BCUT2D eigenvalue weighted by Crippen LogP contribution is -2.16. The molecule has 2 aromatic rings. The standard InChI is InChI=1S/C13H16N2/c1-13(6-2-3-7-13)11-5-9-15-12(10-11)4-8-14-15/h4-5,8-10H,2-3,6-7H2,1H3. The van der Waals surface area contributed by atoms with Crippen molar-refractivity contribution in [2.24, 2.45) is 0 Å². The minimum Gasteiger partial charge on any atom is -0.241 e. The van der Waals surface area contributed by atoms with E-state index in [0.29, 0.717) is 5.41 Å². The summed E-state index contributed by atoms with van der Waals surface area (Å²) in [6, 6.07) is 6.59. The monoisotopic (exact) mass is 200 g/mol. The molecule has 1 aliphatic carbocycles. The molecule has 0 spiro atoms. The molecule has 2 heteroatoms. The number of nitrogens with zero attached hydrogens (tertiary/aromatic N) is 2. The summed E-state index contributed by atoms with van der Waals surface area (Å²) >= 11 is 0. The Bertz CT molecular complexity index is 478. The first kappa shape index (κ1) is 8.96. The second kappa shape index (κ2) is 3.09. The van der Waals surface area contributed by atoms with Gasteiger partial charge in [0.15, 0.2) is 0 Å². The van der Waals surface area contributed by atoms with Crippen LogP contribution >= 0.6 is 0 Å². The van der Waals surface area contributed by atoms with Crippen LogP contribution < -0.4 is 0 Å². The molecule has 0 unspecified atom stereocenters. The summed E-state index contributed by atoms with van der Waals surface area (Å²) in [5, 5.41) is 4.23. The molecular weight excluding hydrogens is 184 g/mol. The number of pyridine rings is 1. The van der Waals surface area contributed by atoms with E-state index in [0.717, 1.165) is 0 Å². The average molecular weight is 200 g/mol. The lowest BCUT2D eigenvalue weighted by atomic mass is 9.81. The van der Waals surface area contributed by atoms with E-state index in [4.69, 9.17) is 0 Å². The van der Waals surface area contributed by atoms with E-state index in [2.05, 4.69) is 36.4 Å². The summed E-state index contributed by atoms with van der Waals surface area (Å²) in [6.07, 6.45) is 9.35. The van der Waals surface area contributed by atoms with Crippen LogP contribution in [0.3, 0.4) is 0 Å². The van der Waals surface area contributed by atoms with Gasteiger partial charge in [0.2, 0.25) is 0 Å². The summed E-state index contributed by atoms with van der Waals surface area (Å²) in [7, 11) is 0. The molecule has 3 rings (SSSR count). The van der Waals surface area contributed by atoms with Gasteiger partial charge in [-0.3, -0.25) is 0 Å². The first-order valence-corrected chi connectivity index (χ1v) is 5.72. The minimum absolute atomic E-state index is 0.409. The van der Waals surface area contributed by atoms with Gasteiger partial charge in [-0.2, -0.15) is 5.10 Å². The predicted molar refractivity (Wildman–Crippen MR) is 61.0 cm³/mol. The lowest BCUT2D eigenvalue weighted by molar-refractivity contribution is 0.491. The molecule has 2 heterocycles. The summed E-state index contributed by atoms with van der Waals surface area (Å²) in [4.78, 5) is 0. The van der Waals surface area contributed by atoms with Crippen LogP contribution in [0.1, 0.15) is 38.2 Å². The van der Waals surface area contributed by atoms with Crippen LogP contribution in [0.25, 0.3) is 5.52 Å². The molecule has 78 valence electrons. The maximum atomic E-state index is 4.23. The molecule has 1 saturated carbocycles. The highest BCUT2D eigenvalue weighted by molar-refractivity contribution is 5.49. The van der Waals surface area contributed by atoms with Crippen molar-refractivity contribution in [1.29, 1.82) is 0 Å². The summed E-state index contributed by atoms with van der Waals surface area (Å²) < 4.78 is 1.93. The van der Waals surface area contributed by atoms with Crippen molar-refractivity contribution in [3.8, 4) is 0 Å². The highest BCUT2D eigenvalue weighted by Gasteiger charge is 2.30. The fourth-order valence-corrected chi connectivity index (χ4v) is 2.74. The zero-order valence-corrected chi connectivity index (χ0v) is 9.11. The smallest absolute Gasteiger partial charge is 0.0664 e. The van der Waals surface area contributed by atoms with Crippen molar-refractivity contribution >= 4 is 5.52 Å². The second-order valence-electron chi connectivity index (χ2n) is 4.88. The largest absolute Gasteiger partial charge is 0.241 e. The Morgan fingerprint density at radius 1 is 1.27 bits per heavy atom. The third-order valence-corrected chi connectivity index (χ3v) is 3.80. The minimum atomic E-state index is 0.409. The Labute approximate surface area is 89.9 Å². The number of aromatic nitrogens is 2. The predicted octanol–water partition coefficient (Wildman–Crippen LogP) is 3.17. The van der Waals surface area contributed by atoms with Crippen molar-refractivity contribution in [3.05, 3.63) is 36.2 Å². The Hall–Kier alpha value is -1.31. The van der Waals surface area contributed by atoms with Gasteiger partial charge in [-0.05, 0) is 42.0 Å². The van der Waals surface area contributed by atoms with Gasteiger partial charge in [-0.15, -0.1) is 0 Å². The fourth-order valence-electron chi connectivity index (χ4n) is 2.74. The van der Waals surface area contributed by atoms with Crippen LogP contribution in [0.4, 0.5) is 0 Å². The topological polar surface area (TPSA) is 17.3 Å². The Morgan fingerprint density at radius 3 is 2.87 bits per heavy atom. The van der Waals surface area contributed by atoms with Gasteiger partial charge in [0, 0.05) is 12.4 Å². The number of hydrogen-bond acceptors (Lipinski definition) is 1. The van der Waals surface area contributed by atoms with Crippen LogP contribution in [0, 0.1) is 0 Å². The van der Waals surface area contributed by atoms with Gasteiger partial charge >= 0.3 is 0 Å². The Balaban J connectivity index is 2.10. The normalized spacial score (nSPS) is 19.8. The molecule has 0 atom stereocenters. The number of hydrogen-bond donors (Lipinski definition) is 0. The van der Waals surface area contributed by atoms with Gasteiger partial charge in [0.1, 0.15) is 0 Å². The van der Waals surface area contributed by atoms with E-state index in [1.54, 1.807) is 0 Å². The molecule has 2 aromatic heterocycles. The maximum absolute atomic E-state index is 4.23. The van der Waals surface area contributed by atoms with Crippen LogP contribution in [-0.2, 0) is 5.41 Å². The fraction of sp³-hybridized carbons (Fsp3) is 0.462. The zero-order valence-electron chi connectivity index (χ0n) is 9.11. The average Bonchev–Trinajstić information content (AvgIpc) is 2.85. The van der Waals surface area contributed by atoms with Crippen molar-refractivity contribution in [2.75, 3.05) is 0 Å². The van der Waals surface area contributed by atoms with Crippen LogP contribution in [0.5, 0.6) is 0 Å². The van der Waals surface area contributed by atoms with Crippen LogP contribution in [-0.4, -0.2) is 9.61 Å². The molecule has 15 heavy (non-hydrogen) atoms. The molecule has 1 fully saturated rings. The molecular formula is C13H16N2. The SMILES string of the molecule is CC1(c2ccn3nccc3c2)CCCC1. The quantitative estimate of drug-likeness (QED) is 0.691. The van der Waals surface area contributed by atoms with Gasteiger partial charge in [-0.25, -0.2) is 4.52 Å². The molecule has 0 N–H and O–H groups in total. The lowest BCUT2D eigenvalue weighted by Gasteiger charge is -2.24. The zero-order chi connectivity index (χ0) is 10.3. The van der Waals surface area contributed by atoms with E-state index >= 15 is 0 Å². The first-order valence-electron chi connectivity index (χ1n) is 5.72. The number of fused-ring (bicyclic) bond motifs is 1. The number of rotatable bonds is 1. The third kappa shape index (κ3) is 1.36. The maximum Gasteiger partial charge on any atom is 0.0664 e. The molecule has 0 aliphatic heterocycles. The molecule has 1 aliphatic rings. The van der Waals surface area contributed by atoms with Crippen molar-refractivity contribution < 1.29 is 0 Å². The van der Waals surface area contributed by atoms with Crippen LogP contribution in [0.15, 0.2) is 30.6 Å². The first-order chi connectivity index (χ1) is 7.28. The van der Waals surface area contributed by atoms with Gasteiger partial charge in [-0.1, -0.05) is 19.8 Å². The van der Waals surface area contributed by atoms with E-state index in [1.165, 1.54) is 36.8 Å². The molecule has 0 aromatic carbocycles. The molecule has 0 saturated heterocycles. The molecule has 0 amide bonds. The van der Waals surface area contributed by atoms with Gasteiger partial charge in [0.05, 0.1) is 5.52 Å². The van der Waals surface area contributed by atoms with E-state index < -0.39 is 0 Å². The molecule has 2 nitrogen and oxygen atoms in total. The second-order valence-corrected chi connectivity index (χ2v) is 4.88. The Morgan fingerprint density at radius 2 is 2.07 bits per heavy atom. The Kier molecular flexibility index (Phi) is 1.84. The molecule has 0 radical (unpaired) electrons. The van der Waals surface area contributed by atoms with E-state index in [1.807, 2.05) is 10.7 Å². The molecule has 0 bridgehead atoms. The van der Waals surface area contributed by atoms with Crippen LogP contribution in [0.2, 0.25) is 0 Å². The van der Waals surface area contributed by atoms with Crippen molar-refractivity contribution in [3.63, 3.8) is 0 Å².